The fourth-order valence-electron chi connectivity index (χ4n) is 3.53. The Morgan fingerprint density at radius 2 is 1.62 bits per heavy atom. The number of carbonyl (C=O) groups excluding carboxylic acids is 1. The smallest absolute Gasteiger partial charge is 0.257 e. The van der Waals surface area contributed by atoms with Crippen molar-refractivity contribution in [1.82, 2.24) is 0 Å². The third-order valence-electron chi connectivity index (χ3n) is 4.92. The zero-order valence-corrected chi connectivity index (χ0v) is 17.7. The van der Waals surface area contributed by atoms with Gasteiger partial charge < -0.3 is 9.64 Å². The van der Waals surface area contributed by atoms with E-state index in [1.807, 2.05) is 60.7 Å². The predicted octanol–water partition coefficient (Wildman–Crippen LogP) is 6.25. The number of nitrogens with zero attached hydrogens (tertiary/aromatic N) is 1. The molecule has 1 aliphatic rings. The van der Waals surface area contributed by atoms with Crippen LogP contribution in [0.4, 0.5) is 5.69 Å². The molecule has 1 amide bonds. The molecule has 0 aromatic heterocycles. The molecule has 6 heteroatoms. The first-order valence-electron chi connectivity index (χ1n) is 9.19. The highest BCUT2D eigenvalue weighted by atomic mass is 35.5. The van der Waals surface area contributed by atoms with Gasteiger partial charge in [-0.1, -0.05) is 71.7 Å². The summed E-state index contributed by atoms with van der Waals surface area (Å²) in [4.78, 5) is 15.1. The molecular formula is C23H18Cl3NO2. The van der Waals surface area contributed by atoms with Gasteiger partial charge in [0.1, 0.15) is 6.10 Å². The summed E-state index contributed by atoms with van der Waals surface area (Å²) in [6.45, 7) is 0.403. The Morgan fingerprint density at radius 3 is 2.34 bits per heavy atom. The van der Waals surface area contributed by atoms with Crippen LogP contribution in [0.3, 0.4) is 0 Å². The van der Waals surface area contributed by atoms with Crippen molar-refractivity contribution < 1.29 is 9.53 Å². The summed E-state index contributed by atoms with van der Waals surface area (Å²) in [6, 6.07) is 22.7. The molecule has 0 spiro atoms. The summed E-state index contributed by atoms with van der Waals surface area (Å²) in [6.07, 6.45) is -1.38. The van der Waals surface area contributed by atoms with Crippen molar-refractivity contribution in [2.24, 2.45) is 0 Å². The van der Waals surface area contributed by atoms with Gasteiger partial charge in [-0.2, -0.15) is 0 Å². The van der Waals surface area contributed by atoms with Crippen molar-refractivity contribution in [2.45, 2.75) is 18.8 Å². The number of alkyl halides is 1. The zero-order chi connectivity index (χ0) is 20.4. The zero-order valence-electron chi connectivity index (χ0n) is 15.4. The van der Waals surface area contributed by atoms with E-state index in [1.165, 1.54) is 0 Å². The molecule has 0 radical (unpaired) electrons. The average Bonchev–Trinajstić information content (AvgIpc) is 2.84. The number of carbonyl (C=O) groups is 1. The molecule has 1 heterocycles. The van der Waals surface area contributed by atoms with Gasteiger partial charge in [-0.25, -0.2) is 0 Å². The minimum Gasteiger partial charge on any atom is -0.354 e. The van der Waals surface area contributed by atoms with Crippen molar-refractivity contribution >= 4 is 46.4 Å². The monoisotopic (exact) mass is 445 g/mol. The van der Waals surface area contributed by atoms with Gasteiger partial charge in [0, 0.05) is 21.2 Å². The molecule has 4 rings (SSSR count). The highest BCUT2D eigenvalue weighted by Crippen LogP contribution is 2.42. The highest BCUT2D eigenvalue weighted by Gasteiger charge is 2.36. The molecule has 0 fully saturated rings. The summed E-state index contributed by atoms with van der Waals surface area (Å²) in [5.41, 5.74) is 3.29. The summed E-state index contributed by atoms with van der Waals surface area (Å²) < 4.78 is 6.22. The van der Waals surface area contributed by atoms with E-state index < -0.39 is 12.2 Å². The van der Waals surface area contributed by atoms with E-state index in [2.05, 4.69) is 0 Å². The van der Waals surface area contributed by atoms with Crippen molar-refractivity contribution in [1.29, 1.82) is 0 Å². The number of ether oxygens (including phenoxy) is 1. The summed E-state index contributed by atoms with van der Waals surface area (Å²) in [5, 5.41) is 1.11. The number of fused-ring (bicyclic) bond motifs is 1. The largest absolute Gasteiger partial charge is 0.354 e. The van der Waals surface area contributed by atoms with Crippen LogP contribution < -0.4 is 4.90 Å². The fourth-order valence-corrected chi connectivity index (χ4v) is 4.15. The minimum absolute atomic E-state index is 0.0345. The quantitative estimate of drug-likeness (QED) is 0.443. The van der Waals surface area contributed by atoms with E-state index in [-0.39, 0.29) is 11.8 Å². The molecule has 0 saturated carbocycles. The van der Waals surface area contributed by atoms with Crippen molar-refractivity contribution in [3.63, 3.8) is 0 Å². The Labute approximate surface area is 184 Å². The molecular weight excluding hydrogens is 429 g/mol. The maximum Gasteiger partial charge on any atom is 0.257 e. The van der Waals surface area contributed by atoms with E-state index in [9.17, 15) is 4.79 Å². The molecule has 0 saturated heterocycles. The van der Waals surface area contributed by atoms with Crippen LogP contribution in [0, 0.1) is 0 Å². The summed E-state index contributed by atoms with van der Waals surface area (Å²) >= 11 is 18.9. The Hall–Kier alpha value is -2.04. The number of hydrogen-bond acceptors (Lipinski definition) is 2. The van der Waals surface area contributed by atoms with Gasteiger partial charge >= 0.3 is 0 Å². The third-order valence-corrected chi connectivity index (χ3v) is 5.78. The molecule has 2 atom stereocenters. The Balaban J connectivity index is 1.87. The normalized spacial score (nSPS) is 19.0. The first kappa shape index (κ1) is 20.2. The topological polar surface area (TPSA) is 29.5 Å². The molecule has 3 aromatic rings. The van der Waals surface area contributed by atoms with Crippen LogP contribution in [0.1, 0.15) is 22.8 Å². The molecule has 0 bridgehead atoms. The third kappa shape index (κ3) is 4.15. The van der Waals surface area contributed by atoms with Crippen LogP contribution >= 0.6 is 34.8 Å². The van der Waals surface area contributed by atoms with Gasteiger partial charge in [-0.05, 0) is 29.8 Å². The molecule has 0 N–H and O–H groups in total. The van der Waals surface area contributed by atoms with Crippen LogP contribution in [-0.2, 0) is 16.1 Å². The van der Waals surface area contributed by atoms with Crippen molar-refractivity contribution in [3.05, 3.63) is 99.5 Å². The van der Waals surface area contributed by atoms with Crippen LogP contribution in [-0.4, -0.2) is 17.9 Å². The van der Waals surface area contributed by atoms with Crippen molar-refractivity contribution in [3.8, 4) is 0 Å². The van der Waals surface area contributed by atoms with Gasteiger partial charge in [0.2, 0.25) is 0 Å². The molecule has 29 heavy (non-hydrogen) atoms. The molecule has 3 nitrogen and oxygen atoms in total. The predicted molar refractivity (Wildman–Crippen MR) is 118 cm³/mol. The maximum atomic E-state index is 13.3. The molecule has 1 aliphatic heterocycles. The Kier molecular flexibility index (Phi) is 6.12. The number of anilines is 1. The highest BCUT2D eigenvalue weighted by molar-refractivity contribution is 6.31. The Bertz CT molecular complexity index is 1030. The molecule has 3 aromatic carbocycles. The fraction of sp³-hybridized carbons (Fsp3) is 0.174. The lowest BCUT2D eigenvalue weighted by Gasteiger charge is -2.24. The van der Waals surface area contributed by atoms with Crippen LogP contribution in [0.25, 0.3) is 0 Å². The number of amides is 1. The number of hydrogen-bond donors (Lipinski definition) is 0. The van der Waals surface area contributed by atoms with Gasteiger partial charge in [0.25, 0.3) is 5.91 Å². The summed E-state index contributed by atoms with van der Waals surface area (Å²) in [7, 11) is 0. The maximum absolute atomic E-state index is 13.3. The average molecular weight is 447 g/mol. The number of halogens is 3. The van der Waals surface area contributed by atoms with E-state index in [4.69, 9.17) is 39.5 Å². The lowest BCUT2D eigenvalue weighted by molar-refractivity contribution is -0.130. The van der Waals surface area contributed by atoms with Crippen molar-refractivity contribution in [2.75, 3.05) is 10.8 Å². The molecule has 2 unspecified atom stereocenters. The summed E-state index contributed by atoms with van der Waals surface area (Å²) in [5.74, 6) is -0.158. The molecule has 148 valence electrons. The van der Waals surface area contributed by atoms with Crippen LogP contribution in [0.2, 0.25) is 10.0 Å². The van der Waals surface area contributed by atoms with Crippen LogP contribution in [0.5, 0.6) is 0 Å². The minimum atomic E-state index is -0.812. The van der Waals surface area contributed by atoms with Gasteiger partial charge in [-0.3, -0.25) is 4.79 Å². The van der Waals surface area contributed by atoms with E-state index in [0.29, 0.717) is 16.6 Å². The lowest BCUT2D eigenvalue weighted by Crippen LogP contribution is -2.39. The number of benzene rings is 3. The SMILES string of the molecule is O=C1C(CCl)OC(c2ccccc2Cl)c2cc(Cl)ccc2N1Cc1ccccc1. The van der Waals surface area contributed by atoms with Crippen LogP contribution in [0.15, 0.2) is 72.8 Å². The molecule has 0 aliphatic carbocycles. The van der Waals surface area contributed by atoms with E-state index in [1.54, 1.807) is 17.0 Å². The second-order valence-corrected chi connectivity index (χ2v) is 7.95. The van der Waals surface area contributed by atoms with Gasteiger partial charge in [0.05, 0.1) is 18.1 Å². The first-order valence-corrected chi connectivity index (χ1v) is 10.5. The first-order chi connectivity index (χ1) is 14.1. The van der Waals surface area contributed by atoms with E-state index >= 15 is 0 Å². The van der Waals surface area contributed by atoms with Gasteiger partial charge in [0.15, 0.2) is 6.10 Å². The van der Waals surface area contributed by atoms with E-state index in [0.717, 1.165) is 22.4 Å². The second kappa shape index (κ2) is 8.76. The number of rotatable bonds is 4. The second-order valence-electron chi connectivity index (χ2n) is 6.79. The standard InChI is InChI=1S/C23H18Cl3NO2/c24-13-21-23(28)27(14-15-6-2-1-3-7-15)20-11-10-16(25)12-18(20)22(29-21)17-8-4-5-9-19(17)26/h1-12,21-22H,13-14H2. The van der Waals surface area contributed by atoms with Gasteiger partial charge in [-0.15, -0.1) is 11.6 Å². The lowest BCUT2D eigenvalue weighted by atomic mass is 9.99. The Morgan fingerprint density at radius 1 is 0.897 bits per heavy atom.